The number of hydrogen-bond donors (Lipinski definition) is 1. The molecule has 0 aliphatic rings. The molecule has 0 spiro atoms. The summed E-state index contributed by atoms with van der Waals surface area (Å²) in [6.45, 7) is 6.52. The van der Waals surface area contributed by atoms with Gasteiger partial charge in [0.05, 0.1) is 7.85 Å². The Kier molecular flexibility index (Phi) is 9.06. The highest BCUT2D eigenvalue weighted by Gasteiger charge is 2.07. The normalized spacial score (nSPS) is 9.45. The van der Waals surface area contributed by atoms with Crippen LogP contribution in [0.1, 0.15) is 20.8 Å². The van der Waals surface area contributed by atoms with Gasteiger partial charge in [-0.05, 0) is 27.3 Å². The zero-order chi connectivity index (χ0) is 9.33. The molecule has 4 heteroatoms. The number of ether oxygens (including phenoxy) is 1. The molecule has 0 aromatic heterocycles. The van der Waals surface area contributed by atoms with Crippen LogP contribution in [0, 0.1) is 0 Å². The Hall–Kier alpha value is -0.505. The maximum Gasteiger partial charge on any atom is 0.293 e. The first-order valence-corrected chi connectivity index (χ1v) is 3.49. The van der Waals surface area contributed by atoms with Gasteiger partial charge in [0, 0.05) is 0 Å². The Morgan fingerprint density at radius 2 is 1.91 bits per heavy atom. The molecule has 0 aromatic rings. The summed E-state index contributed by atoms with van der Waals surface area (Å²) in [6, 6.07) is 0. The molecule has 2 N–H and O–H groups in total. The van der Waals surface area contributed by atoms with Gasteiger partial charge in [0.1, 0.15) is 5.60 Å². The fourth-order valence-electron chi connectivity index (χ4n) is 0.144. The van der Waals surface area contributed by atoms with Crippen molar-refractivity contribution in [3.8, 4) is 0 Å². The van der Waals surface area contributed by atoms with Gasteiger partial charge in [0.25, 0.3) is 6.47 Å². The first-order valence-electron chi connectivity index (χ1n) is 3.49. The molecule has 0 heterocycles. The van der Waals surface area contributed by atoms with Gasteiger partial charge in [0.15, 0.2) is 0 Å². The summed E-state index contributed by atoms with van der Waals surface area (Å²) in [7, 11) is 4.90. The molecule has 0 saturated carbocycles. The highest BCUT2D eigenvalue weighted by molar-refractivity contribution is 6.08. The molecule has 0 unspecified atom stereocenters. The second-order valence-electron chi connectivity index (χ2n) is 2.90. The van der Waals surface area contributed by atoms with Crippen molar-refractivity contribution in [3.63, 3.8) is 0 Å². The Labute approximate surface area is 69.7 Å². The molecule has 0 fully saturated rings. The van der Waals surface area contributed by atoms with E-state index in [9.17, 15) is 4.79 Å². The van der Waals surface area contributed by atoms with Crippen molar-refractivity contribution in [3.05, 3.63) is 0 Å². The maximum atomic E-state index is 9.60. The minimum Gasteiger partial charge on any atom is -0.462 e. The molecule has 3 nitrogen and oxygen atoms in total. The molecule has 0 aliphatic carbocycles. The van der Waals surface area contributed by atoms with Gasteiger partial charge < -0.3 is 10.5 Å². The summed E-state index contributed by atoms with van der Waals surface area (Å²) < 4.78 is 4.55. The molecule has 64 valence electrons. The van der Waals surface area contributed by atoms with Crippen LogP contribution in [0.5, 0.6) is 0 Å². The highest BCUT2D eigenvalue weighted by atomic mass is 16.5. The van der Waals surface area contributed by atoms with E-state index in [2.05, 4.69) is 4.74 Å². The summed E-state index contributed by atoms with van der Waals surface area (Å²) in [5.41, 5.74) is 4.59. The number of carbonyl (C=O) groups excluding carboxylic acids is 1. The molecule has 0 saturated heterocycles. The van der Waals surface area contributed by atoms with Crippen LogP contribution in [0.3, 0.4) is 0 Å². The van der Waals surface area contributed by atoms with Gasteiger partial charge >= 0.3 is 0 Å². The molecular weight excluding hydrogens is 141 g/mol. The fourth-order valence-corrected chi connectivity index (χ4v) is 0.144. The quantitative estimate of drug-likeness (QED) is 0.468. The van der Waals surface area contributed by atoms with E-state index < -0.39 is 0 Å². The van der Waals surface area contributed by atoms with E-state index in [0.717, 1.165) is 0 Å². The van der Waals surface area contributed by atoms with Crippen LogP contribution in [0.2, 0.25) is 6.32 Å². The Balaban J connectivity index is 0. The van der Waals surface area contributed by atoms with E-state index in [-0.39, 0.29) is 5.60 Å². The lowest BCUT2D eigenvalue weighted by molar-refractivity contribution is -0.138. The van der Waals surface area contributed by atoms with Gasteiger partial charge in [0.2, 0.25) is 0 Å². The Bertz CT molecular complexity index is 88.9. The average Bonchev–Trinajstić information content (AvgIpc) is 1.86. The van der Waals surface area contributed by atoms with E-state index in [1.54, 1.807) is 0 Å². The summed E-state index contributed by atoms with van der Waals surface area (Å²) >= 11 is 0. The number of hydrogen-bond acceptors (Lipinski definition) is 3. The molecule has 0 bridgehead atoms. The van der Waals surface area contributed by atoms with E-state index in [1.165, 1.54) is 0 Å². The van der Waals surface area contributed by atoms with Crippen LogP contribution in [-0.2, 0) is 9.53 Å². The van der Waals surface area contributed by atoms with Crippen molar-refractivity contribution in [1.29, 1.82) is 0 Å². The Morgan fingerprint density at radius 1 is 1.55 bits per heavy atom. The molecule has 0 aromatic carbocycles. The second kappa shape index (κ2) is 7.60. The van der Waals surface area contributed by atoms with Crippen molar-refractivity contribution in [2.75, 3.05) is 6.54 Å². The molecule has 2 radical (unpaired) electrons. The Morgan fingerprint density at radius 3 is 1.91 bits per heavy atom. The van der Waals surface area contributed by atoms with Gasteiger partial charge in [-0.25, -0.2) is 0 Å². The number of rotatable bonds is 2. The molecular formula is C7H16BNO2. The third-order valence-corrected chi connectivity index (χ3v) is 0.568. The lowest BCUT2D eigenvalue weighted by atomic mass is 10.1. The predicted molar refractivity (Wildman–Crippen MR) is 46.5 cm³/mol. The van der Waals surface area contributed by atoms with Crippen molar-refractivity contribution in [2.24, 2.45) is 5.73 Å². The standard InChI is InChI=1S/C5H10O2.C2H6BN/c1-5(2,3)7-4-6;3-1-2-4/h4H,1-3H3;1-2,4H2. The summed E-state index contributed by atoms with van der Waals surface area (Å²) in [6.07, 6.45) is 0.597. The van der Waals surface area contributed by atoms with E-state index in [1.807, 2.05) is 20.8 Å². The van der Waals surface area contributed by atoms with Crippen LogP contribution in [-0.4, -0.2) is 26.5 Å². The van der Waals surface area contributed by atoms with Crippen LogP contribution < -0.4 is 5.73 Å². The predicted octanol–water partition coefficient (Wildman–Crippen LogP) is 0.490. The zero-order valence-electron chi connectivity index (χ0n) is 7.46. The number of nitrogens with two attached hydrogens (primary N) is 1. The summed E-state index contributed by atoms with van der Waals surface area (Å²) in [4.78, 5) is 9.60. The summed E-state index contributed by atoms with van der Waals surface area (Å²) in [5, 5.41) is 0. The van der Waals surface area contributed by atoms with Crippen molar-refractivity contribution in [2.45, 2.75) is 32.7 Å². The minimum absolute atomic E-state index is 0.318. The molecule has 0 aliphatic heterocycles. The third-order valence-electron chi connectivity index (χ3n) is 0.568. The molecule has 0 rings (SSSR count). The fraction of sp³-hybridized carbons (Fsp3) is 0.857. The first kappa shape index (κ1) is 13.1. The van der Waals surface area contributed by atoms with Gasteiger partial charge in [-0.15, -0.1) is 0 Å². The van der Waals surface area contributed by atoms with Crippen LogP contribution in [0.4, 0.5) is 0 Å². The number of carbonyl (C=O) groups is 1. The SMILES string of the molecule is CC(C)(C)OC=O.[B]CCN. The van der Waals surface area contributed by atoms with Crippen LogP contribution in [0.15, 0.2) is 0 Å². The van der Waals surface area contributed by atoms with Gasteiger partial charge in [-0.3, -0.25) is 4.79 Å². The first-order chi connectivity index (χ1) is 4.97. The van der Waals surface area contributed by atoms with Crippen LogP contribution >= 0.6 is 0 Å². The smallest absolute Gasteiger partial charge is 0.293 e. The lowest BCUT2D eigenvalue weighted by Crippen LogP contribution is -2.17. The second-order valence-corrected chi connectivity index (χ2v) is 2.90. The van der Waals surface area contributed by atoms with Crippen molar-refractivity contribution in [1.82, 2.24) is 0 Å². The van der Waals surface area contributed by atoms with Crippen molar-refractivity contribution >= 4 is 14.3 Å². The largest absolute Gasteiger partial charge is 0.462 e. The van der Waals surface area contributed by atoms with Gasteiger partial charge in [-0.1, -0.05) is 6.32 Å². The van der Waals surface area contributed by atoms with E-state index in [4.69, 9.17) is 13.6 Å². The average molecular weight is 157 g/mol. The zero-order valence-corrected chi connectivity index (χ0v) is 7.46. The summed E-state index contributed by atoms with van der Waals surface area (Å²) in [5.74, 6) is 0. The van der Waals surface area contributed by atoms with Crippen LogP contribution in [0.25, 0.3) is 0 Å². The monoisotopic (exact) mass is 157 g/mol. The molecule has 11 heavy (non-hydrogen) atoms. The van der Waals surface area contributed by atoms with Crippen molar-refractivity contribution < 1.29 is 9.53 Å². The van der Waals surface area contributed by atoms with E-state index in [0.29, 0.717) is 19.3 Å². The topological polar surface area (TPSA) is 52.3 Å². The maximum absolute atomic E-state index is 9.60. The minimum atomic E-state index is -0.318. The molecule has 0 atom stereocenters. The molecule has 0 amide bonds. The van der Waals surface area contributed by atoms with E-state index >= 15 is 0 Å². The highest BCUT2D eigenvalue weighted by Crippen LogP contribution is 2.02. The lowest BCUT2D eigenvalue weighted by Gasteiger charge is -2.14. The van der Waals surface area contributed by atoms with Gasteiger partial charge in [-0.2, -0.15) is 0 Å². The third kappa shape index (κ3) is 26.4.